The van der Waals surface area contributed by atoms with Gasteiger partial charge in [-0.05, 0) is 54.6 Å². The van der Waals surface area contributed by atoms with Crippen LogP contribution in [0, 0.1) is 20.2 Å². The average Bonchev–Trinajstić information content (AvgIpc) is 2.97. The molecule has 0 unspecified atom stereocenters. The van der Waals surface area contributed by atoms with E-state index in [0.717, 1.165) is 28.0 Å². The summed E-state index contributed by atoms with van der Waals surface area (Å²) in [4.78, 5) is 63.7. The average molecular weight is 585 g/mol. The number of nitro benzene ring substituents is 2. The van der Waals surface area contributed by atoms with Crippen LogP contribution in [0.2, 0.25) is 5.02 Å². The van der Waals surface area contributed by atoms with Crippen LogP contribution in [0.3, 0.4) is 0 Å². The first-order valence-corrected chi connectivity index (χ1v) is 12.5. The number of nitrogens with zero attached hydrogens (tertiary/aromatic N) is 4. The van der Waals surface area contributed by atoms with E-state index < -0.39 is 44.6 Å². The van der Waals surface area contributed by atoms with Gasteiger partial charge in [-0.1, -0.05) is 48.0 Å². The summed E-state index contributed by atoms with van der Waals surface area (Å²) in [5.74, 6) is -2.23. The van der Waals surface area contributed by atoms with Crippen molar-refractivity contribution in [3.8, 4) is 11.5 Å². The number of rotatable bonds is 7. The van der Waals surface area contributed by atoms with Gasteiger partial charge >= 0.3 is 11.7 Å². The van der Waals surface area contributed by atoms with E-state index in [-0.39, 0.29) is 33.5 Å². The number of hydrogen-bond donors (Lipinski definition) is 0. The Morgan fingerprint density at radius 2 is 1.24 bits per heavy atom. The number of anilines is 2. The van der Waals surface area contributed by atoms with Crippen LogP contribution in [0.4, 0.5) is 27.5 Å². The second-order valence-corrected chi connectivity index (χ2v) is 9.18. The van der Waals surface area contributed by atoms with Crippen molar-refractivity contribution in [2.24, 2.45) is 0 Å². The molecular weight excluding hydrogens is 568 g/mol. The maximum Gasteiger partial charge on any atom is 0.343 e. The van der Waals surface area contributed by atoms with Crippen LogP contribution in [-0.2, 0) is 9.59 Å². The van der Waals surface area contributed by atoms with E-state index in [9.17, 15) is 34.6 Å². The molecule has 208 valence electrons. The van der Waals surface area contributed by atoms with Gasteiger partial charge in [0.15, 0.2) is 0 Å². The minimum Gasteiger partial charge on any atom is -0.449 e. The van der Waals surface area contributed by atoms with E-state index in [2.05, 4.69) is 0 Å². The quantitative estimate of drug-likeness (QED) is 0.103. The largest absolute Gasteiger partial charge is 0.449 e. The molecule has 0 saturated carbocycles. The first-order valence-electron chi connectivity index (χ1n) is 12.1. The van der Waals surface area contributed by atoms with Gasteiger partial charge in [-0.15, -0.1) is 0 Å². The van der Waals surface area contributed by atoms with E-state index >= 15 is 0 Å². The van der Waals surface area contributed by atoms with Gasteiger partial charge in [-0.3, -0.25) is 29.8 Å². The summed E-state index contributed by atoms with van der Waals surface area (Å²) in [6.45, 7) is 0. The zero-order valence-corrected chi connectivity index (χ0v) is 22.0. The number of benzene rings is 4. The second-order valence-electron chi connectivity index (χ2n) is 8.74. The van der Waals surface area contributed by atoms with Gasteiger partial charge in [0.2, 0.25) is 5.75 Å². The topological polar surface area (TPSA) is 153 Å². The lowest BCUT2D eigenvalue weighted by Gasteiger charge is -2.34. The van der Waals surface area contributed by atoms with E-state index in [4.69, 9.17) is 16.3 Å². The third-order valence-electron chi connectivity index (χ3n) is 6.12. The molecule has 0 N–H and O–H groups in total. The molecule has 0 aliphatic carbocycles. The van der Waals surface area contributed by atoms with Gasteiger partial charge in [-0.25, -0.2) is 14.6 Å². The van der Waals surface area contributed by atoms with Crippen LogP contribution in [0.25, 0.3) is 6.08 Å². The lowest BCUT2D eigenvalue weighted by molar-refractivity contribution is -0.394. The van der Waals surface area contributed by atoms with Crippen molar-refractivity contribution in [3.63, 3.8) is 0 Å². The van der Waals surface area contributed by atoms with Crippen LogP contribution >= 0.6 is 11.6 Å². The van der Waals surface area contributed by atoms with E-state index in [0.29, 0.717) is 0 Å². The molecular formula is C29H17ClN4O8. The highest BCUT2D eigenvalue weighted by Gasteiger charge is 2.43. The number of carbonyl (C=O) groups is 3. The second kappa shape index (κ2) is 11.3. The summed E-state index contributed by atoms with van der Waals surface area (Å²) in [6.07, 6.45) is 1.17. The zero-order valence-electron chi connectivity index (χ0n) is 21.2. The minimum atomic E-state index is -0.921. The molecule has 13 heteroatoms. The van der Waals surface area contributed by atoms with Crippen molar-refractivity contribution < 1.29 is 29.0 Å². The van der Waals surface area contributed by atoms with E-state index in [1.165, 1.54) is 48.5 Å². The molecule has 0 radical (unpaired) electrons. The van der Waals surface area contributed by atoms with E-state index in [1.54, 1.807) is 36.4 Å². The van der Waals surface area contributed by atoms with Crippen LogP contribution in [0.15, 0.2) is 103 Å². The number of para-hydroxylation sites is 2. The Labute approximate surface area is 241 Å². The molecule has 1 heterocycles. The normalized spacial score (nSPS) is 13.3. The van der Waals surface area contributed by atoms with Crippen molar-refractivity contribution in [2.75, 3.05) is 9.80 Å². The number of imide groups is 2. The molecule has 0 bridgehead atoms. The van der Waals surface area contributed by atoms with Crippen LogP contribution in [-0.4, -0.2) is 27.7 Å². The van der Waals surface area contributed by atoms with Gasteiger partial charge in [-0.2, -0.15) is 0 Å². The standard InChI is InChI=1S/C29H17ClN4O8/c30-19-11-13-25(42-26-14-12-22(33(38)39)17-24(26)34(40)41)18(15-19)16-23-27(35)31(20-7-3-1-4-8-20)29(37)32(28(23)36)21-9-5-2-6-10-21/h1-17H. The summed E-state index contributed by atoms with van der Waals surface area (Å²) in [6, 6.07) is 22.1. The van der Waals surface area contributed by atoms with Crippen molar-refractivity contribution in [1.29, 1.82) is 0 Å². The molecule has 0 atom stereocenters. The van der Waals surface area contributed by atoms with Gasteiger partial charge in [0.25, 0.3) is 17.5 Å². The third-order valence-corrected chi connectivity index (χ3v) is 6.36. The molecule has 12 nitrogen and oxygen atoms in total. The molecule has 1 fully saturated rings. The van der Waals surface area contributed by atoms with Gasteiger partial charge in [0.1, 0.15) is 11.3 Å². The van der Waals surface area contributed by atoms with Crippen LogP contribution < -0.4 is 14.5 Å². The summed E-state index contributed by atoms with van der Waals surface area (Å²) in [7, 11) is 0. The van der Waals surface area contributed by atoms with Crippen LogP contribution in [0.1, 0.15) is 5.56 Å². The number of barbiturate groups is 1. The van der Waals surface area contributed by atoms with Crippen molar-refractivity contribution in [3.05, 3.63) is 133 Å². The molecule has 4 amide bonds. The number of halogens is 1. The SMILES string of the molecule is O=C1C(=Cc2cc(Cl)ccc2Oc2ccc([N+](=O)[O-])cc2[N+](=O)[O-])C(=O)N(c2ccccc2)C(=O)N1c1ccccc1. The van der Waals surface area contributed by atoms with Crippen molar-refractivity contribution in [2.45, 2.75) is 0 Å². The number of hydrogen-bond acceptors (Lipinski definition) is 8. The van der Waals surface area contributed by atoms with E-state index in [1.807, 2.05) is 0 Å². The summed E-state index contributed by atoms with van der Waals surface area (Å²) in [5, 5.41) is 22.9. The number of ether oxygens (including phenoxy) is 1. The Bertz CT molecular complexity index is 1730. The molecule has 1 saturated heterocycles. The number of carbonyl (C=O) groups excluding carboxylic acids is 3. The third kappa shape index (κ3) is 5.29. The monoisotopic (exact) mass is 584 g/mol. The molecule has 42 heavy (non-hydrogen) atoms. The predicted molar refractivity (Wildman–Crippen MR) is 153 cm³/mol. The number of amides is 4. The smallest absolute Gasteiger partial charge is 0.343 e. The van der Waals surface area contributed by atoms with Gasteiger partial charge in [0.05, 0.1) is 27.3 Å². The lowest BCUT2D eigenvalue weighted by atomic mass is 10.0. The number of non-ortho nitro benzene ring substituents is 1. The molecule has 1 aliphatic heterocycles. The fraction of sp³-hybridized carbons (Fsp3) is 0. The lowest BCUT2D eigenvalue weighted by Crippen LogP contribution is -2.57. The summed E-state index contributed by atoms with van der Waals surface area (Å²) >= 11 is 6.21. The first-order chi connectivity index (χ1) is 20.2. The molecule has 0 aromatic heterocycles. The maximum atomic E-state index is 13.7. The molecule has 1 aliphatic rings. The molecule has 0 spiro atoms. The zero-order chi connectivity index (χ0) is 30.0. The Morgan fingerprint density at radius 1 is 0.690 bits per heavy atom. The Morgan fingerprint density at radius 3 is 1.76 bits per heavy atom. The summed E-state index contributed by atoms with van der Waals surface area (Å²) in [5.41, 5.74) is -1.11. The van der Waals surface area contributed by atoms with Gasteiger partial charge in [0, 0.05) is 16.7 Å². The number of urea groups is 1. The fourth-order valence-electron chi connectivity index (χ4n) is 4.19. The fourth-order valence-corrected chi connectivity index (χ4v) is 4.37. The number of nitro groups is 2. The highest BCUT2D eigenvalue weighted by atomic mass is 35.5. The van der Waals surface area contributed by atoms with Crippen molar-refractivity contribution >= 4 is 58.3 Å². The summed E-state index contributed by atoms with van der Waals surface area (Å²) < 4.78 is 5.76. The van der Waals surface area contributed by atoms with Gasteiger partial charge < -0.3 is 4.74 Å². The maximum absolute atomic E-state index is 13.7. The molecule has 4 aromatic carbocycles. The Balaban J connectivity index is 1.64. The minimum absolute atomic E-state index is 0.0566. The predicted octanol–water partition coefficient (Wildman–Crippen LogP) is 6.53. The molecule has 5 rings (SSSR count). The highest BCUT2D eigenvalue weighted by Crippen LogP contribution is 2.38. The molecule has 4 aromatic rings. The Hall–Kier alpha value is -5.88. The van der Waals surface area contributed by atoms with Crippen molar-refractivity contribution in [1.82, 2.24) is 0 Å². The Kier molecular flexibility index (Phi) is 7.45. The van der Waals surface area contributed by atoms with Crippen LogP contribution in [0.5, 0.6) is 11.5 Å². The highest BCUT2D eigenvalue weighted by molar-refractivity contribution is 6.46. The first kappa shape index (κ1) is 27.7.